The molecule has 29 heavy (non-hydrogen) atoms. The summed E-state index contributed by atoms with van der Waals surface area (Å²) in [6.45, 7) is 1.51. The molecule has 1 fully saturated rings. The van der Waals surface area contributed by atoms with E-state index in [4.69, 9.17) is 9.47 Å². The van der Waals surface area contributed by atoms with Crippen LogP contribution in [0.25, 0.3) is 0 Å². The van der Waals surface area contributed by atoms with Gasteiger partial charge in [0.25, 0.3) is 5.91 Å². The average Bonchev–Trinajstić information content (AvgIpc) is 2.78. The first kappa shape index (κ1) is 19.7. The van der Waals surface area contributed by atoms with Gasteiger partial charge in [0, 0.05) is 32.0 Å². The highest BCUT2D eigenvalue weighted by atomic mass is 32.2. The number of hydrogen-bond donors (Lipinski definition) is 1. The Morgan fingerprint density at radius 3 is 2.62 bits per heavy atom. The molecule has 0 spiro atoms. The van der Waals surface area contributed by atoms with Gasteiger partial charge in [-0.1, -0.05) is 12.1 Å². The minimum absolute atomic E-state index is 0.171. The summed E-state index contributed by atoms with van der Waals surface area (Å²) in [7, 11) is -3.52. The van der Waals surface area contributed by atoms with Crippen LogP contribution in [0.2, 0.25) is 0 Å². The number of sulfonamides is 1. The van der Waals surface area contributed by atoms with Crippen molar-refractivity contribution in [2.45, 2.75) is 23.8 Å². The minimum Gasteiger partial charge on any atom is -0.485 e. The summed E-state index contributed by atoms with van der Waals surface area (Å²) >= 11 is 0. The molecule has 1 saturated heterocycles. The van der Waals surface area contributed by atoms with Crippen molar-refractivity contribution in [3.8, 4) is 11.5 Å². The van der Waals surface area contributed by atoms with Crippen molar-refractivity contribution in [3.05, 3.63) is 48.8 Å². The first-order chi connectivity index (χ1) is 14.0. The number of fused-ring (bicyclic) bond motifs is 1. The van der Waals surface area contributed by atoms with Crippen LogP contribution >= 0.6 is 0 Å². The molecule has 1 aromatic heterocycles. The van der Waals surface area contributed by atoms with Crippen molar-refractivity contribution in [2.75, 3.05) is 26.2 Å². The molecule has 2 aliphatic rings. The number of nitrogens with one attached hydrogen (secondary N) is 1. The number of aromatic nitrogens is 1. The van der Waals surface area contributed by atoms with Crippen molar-refractivity contribution in [2.24, 2.45) is 5.92 Å². The van der Waals surface area contributed by atoms with Crippen LogP contribution < -0.4 is 14.8 Å². The number of carbonyl (C=O) groups is 1. The highest BCUT2D eigenvalue weighted by Gasteiger charge is 2.31. The summed E-state index contributed by atoms with van der Waals surface area (Å²) in [6, 6.07) is 10.4. The second kappa shape index (κ2) is 8.38. The third kappa shape index (κ3) is 4.35. The second-order valence-corrected chi connectivity index (χ2v) is 9.08. The van der Waals surface area contributed by atoms with Gasteiger partial charge in [0.1, 0.15) is 11.5 Å². The number of nitrogens with zero attached hydrogens (tertiary/aromatic N) is 2. The molecule has 0 aliphatic carbocycles. The van der Waals surface area contributed by atoms with Crippen LogP contribution in [0.5, 0.6) is 11.5 Å². The van der Waals surface area contributed by atoms with Crippen LogP contribution in [0.15, 0.2) is 53.7 Å². The van der Waals surface area contributed by atoms with E-state index in [1.807, 2.05) is 12.1 Å². The van der Waals surface area contributed by atoms with Crippen LogP contribution in [-0.4, -0.2) is 56.0 Å². The van der Waals surface area contributed by atoms with Crippen LogP contribution in [0, 0.1) is 5.92 Å². The predicted octanol–water partition coefficient (Wildman–Crippen LogP) is 1.44. The molecule has 2 aromatic rings. The van der Waals surface area contributed by atoms with Gasteiger partial charge in [-0.3, -0.25) is 9.78 Å². The number of rotatable bonds is 5. The van der Waals surface area contributed by atoms with E-state index >= 15 is 0 Å². The Labute approximate surface area is 169 Å². The molecule has 1 unspecified atom stereocenters. The molecule has 3 heterocycles. The predicted molar refractivity (Wildman–Crippen MR) is 105 cm³/mol. The number of carbonyl (C=O) groups excluding carboxylic acids is 1. The Hall–Kier alpha value is -2.65. The second-order valence-electron chi connectivity index (χ2n) is 7.15. The number of hydrogen-bond acceptors (Lipinski definition) is 6. The molecular weight excluding hydrogens is 394 g/mol. The summed E-state index contributed by atoms with van der Waals surface area (Å²) in [6.07, 6.45) is 3.60. The third-order valence-corrected chi connectivity index (χ3v) is 7.09. The SMILES string of the molecule is O=C(NCC1CCN(S(=O)(=O)c2cccnc2)CC1)C1COc2ccccc2O1. The highest BCUT2D eigenvalue weighted by Crippen LogP contribution is 2.31. The Morgan fingerprint density at radius 1 is 1.14 bits per heavy atom. The first-order valence-electron chi connectivity index (χ1n) is 9.60. The fraction of sp³-hybridized carbons (Fsp3) is 0.400. The maximum absolute atomic E-state index is 12.7. The number of ether oxygens (including phenoxy) is 2. The monoisotopic (exact) mass is 417 g/mol. The lowest BCUT2D eigenvalue weighted by atomic mass is 9.98. The fourth-order valence-electron chi connectivity index (χ4n) is 3.51. The van der Waals surface area contributed by atoms with Crippen LogP contribution in [0.1, 0.15) is 12.8 Å². The normalized spacial score (nSPS) is 20.2. The molecule has 8 nitrogen and oxygen atoms in total. The van der Waals surface area contributed by atoms with Crippen molar-refractivity contribution in [1.29, 1.82) is 0 Å². The van der Waals surface area contributed by atoms with Gasteiger partial charge in [-0.15, -0.1) is 0 Å². The topological polar surface area (TPSA) is 97.8 Å². The van der Waals surface area contributed by atoms with Crippen molar-refractivity contribution in [3.63, 3.8) is 0 Å². The first-order valence-corrected chi connectivity index (χ1v) is 11.0. The number of pyridine rings is 1. The molecular formula is C20H23N3O5S. The van der Waals surface area contributed by atoms with Crippen LogP contribution in [-0.2, 0) is 14.8 Å². The molecule has 154 valence electrons. The minimum atomic E-state index is -3.52. The smallest absolute Gasteiger partial charge is 0.264 e. The largest absolute Gasteiger partial charge is 0.485 e. The summed E-state index contributed by atoms with van der Waals surface area (Å²) in [5, 5.41) is 2.92. The van der Waals surface area contributed by atoms with Crippen molar-refractivity contribution >= 4 is 15.9 Å². The summed E-state index contributed by atoms with van der Waals surface area (Å²) in [5.74, 6) is 1.20. The molecule has 0 bridgehead atoms. The quantitative estimate of drug-likeness (QED) is 0.791. The zero-order valence-corrected chi connectivity index (χ0v) is 16.7. The zero-order chi connectivity index (χ0) is 20.3. The zero-order valence-electron chi connectivity index (χ0n) is 15.9. The summed E-state index contributed by atoms with van der Waals surface area (Å²) in [4.78, 5) is 16.5. The molecule has 0 saturated carbocycles. The van der Waals surface area contributed by atoms with Crippen molar-refractivity contribution < 1.29 is 22.7 Å². The van der Waals surface area contributed by atoms with E-state index in [9.17, 15) is 13.2 Å². The van der Waals surface area contributed by atoms with E-state index in [1.54, 1.807) is 30.5 Å². The summed E-state index contributed by atoms with van der Waals surface area (Å²) < 4.78 is 38.1. The third-order valence-electron chi connectivity index (χ3n) is 5.21. The van der Waals surface area contributed by atoms with Gasteiger partial charge < -0.3 is 14.8 Å². The van der Waals surface area contributed by atoms with Crippen LogP contribution in [0.3, 0.4) is 0 Å². The molecule has 9 heteroatoms. The molecule has 1 atom stereocenters. The van der Waals surface area contributed by atoms with Gasteiger partial charge >= 0.3 is 0 Å². The van der Waals surface area contributed by atoms with E-state index < -0.39 is 16.1 Å². The lowest BCUT2D eigenvalue weighted by Crippen LogP contribution is -2.47. The Morgan fingerprint density at radius 2 is 1.90 bits per heavy atom. The lowest BCUT2D eigenvalue weighted by Gasteiger charge is -2.31. The highest BCUT2D eigenvalue weighted by molar-refractivity contribution is 7.89. The van der Waals surface area contributed by atoms with E-state index in [2.05, 4.69) is 10.3 Å². The van der Waals surface area contributed by atoms with E-state index in [0.29, 0.717) is 44.0 Å². The van der Waals surface area contributed by atoms with Gasteiger partial charge in [0.2, 0.25) is 16.1 Å². The van der Waals surface area contributed by atoms with E-state index in [1.165, 1.54) is 10.5 Å². The molecule has 1 aromatic carbocycles. The maximum Gasteiger partial charge on any atom is 0.264 e. The fourth-order valence-corrected chi connectivity index (χ4v) is 4.94. The average molecular weight is 417 g/mol. The number of para-hydroxylation sites is 2. The van der Waals surface area contributed by atoms with Gasteiger partial charge in [0.15, 0.2) is 11.5 Å². The van der Waals surface area contributed by atoms with Crippen LogP contribution in [0.4, 0.5) is 0 Å². The Bertz CT molecular complexity index is 959. The Balaban J connectivity index is 1.26. The van der Waals surface area contributed by atoms with Gasteiger partial charge in [-0.05, 0) is 43.0 Å². The maximum atomic E-state index is 12.7. The molecule has 1 N–H and O–H groups in total. The van der Waals surface area contributed by atoms with Gasteiger partial charge in [-0.2, -0.15) is 4.31 Å². The summed E-state index contributed by atoms with van der Waals surface area (Å²) in [5.41, 5.74) is 0. The molecule has 0 radical (unpaired) electrons. The molecule has 4 rings (SSSR count). The van der Waals surface area contributed by atoms with E-state index in [0.717, 1.165) is 0 Å². The molecule has 2 aliphatic heterocycles. The van der Waals surface area contributed by atoms with Gasteiger partial charge in [0.05, 0.1) is 0 Å². The van der Waals surface area contributed by atoms with Gasteiger partial charge in [-0.25, -0.2) is 8.42 Å². The van der Waals surface area contributed by atoms with Crippen molar-refractivity contribution in [1.82, 2.24) is 14.6 Å². The number of benzene rings is 1. The number of amides is 1. The lowest BCUT2D eigenvalue weighted by molar-refractivity contribution is -0.130. The van der Waals surface area contributed by atoms with E-state index in [-0.39, 0.29) is 23.3 Å². The molecule has 1 amide bonds. The Kier molecular flexibility index (Phi) is 5.68. The standard InChI is InChI=1S/C20H23N3O5S/c24-20(19-14-27-17-5-1-2-6-18(17)28-19)22-12-15-7-10-23(11-8-15)29(25,26)16-4-3-9-21-13-16/h1-6,9,13,15,19H,7-8,10-12,14H2,(H,22,24). The number of piperidine rings is 1.